The van der Waals surface area contributed by atoms with Crippen LogP contribution >= 0.6 is 23.2 Å². The Kier molecular flexibility index (Phi) is 4.20. The van der Waals surface area contributed by atoms with Crippen molar-refractivity contribution in [3.63, 3.8) is 0 Å². The van der Waals surface area contributed by atoms with Gasteiger partial charge in [-0.3, -0.25) is 9.78 Å². The fraction of sp³-hybridized carbons (Fsp3) is 0. The summed E-state index contributed by atoms with van der Waals surface area (Å²) in [6.45, 7) is 3.63. The van der Waals surface area contributed by atoms with Crippen molar-refractivity contribution in [2.45, 2.75) is 0 Å². The summed E-state index contributed by atoms with van der Waals surface area (Å²) in [5, 5.41) is 3.28. The van der Waals surface area contributed by atoms with E-state index in [1.807, 2.05) is 0 Å². The lowest BCUT2D eigenvalue weighted by molar-refractivity contribution is 0.102. The van der Waals surface area contributed by atoms with Gasteiger partial charge in [0, 0.05) is 18.1 Å². The van der Waals surface area contributed by atoms with Gasteiger partial charge >= 0.3 is 0 Å². The number of carbonyl (C=O) groups excluding carboxylic acids is 1. The van der Waals surface area contributed by atoms with Gasteiger partial charge in [0.15, 0.2) is 0 Å². The zero-order chi connectivity index (χ0) is 13.8. The Morgan fingerprint density at radius 1 is 1.21 bits per heavy atom. The normalized spacial score (nSPS) is 10.0. The first kappa shape index (κ1) is 13.6. The number of nitrogens with zero attached hydrogens (tertiary/aromatic N) is 1. The number of nitrogens with one attached hydrogen (secondary N) is 1. The number of halogens is 2. The van der Waals surface area contributed by atoms with Gasteiger partial charge in [0.1, 0.15) is 0 Å². The molecule has 0 unspecified atom stereocenters. The fourth-order valence-corrected chi connectivity index (χ4v) is 2.23. The van der Waals surface area contributed by atoms with E-state index < -0.39 is 0 Å². The minimum atomic E-state index is -0.364. The van der Waals surface area contributed by atoms with Gasteiger partial charge in [-0.2, -0.15) is 0 Å². The molecule has 5 heteroatoms. The monoisotopic (exact) mass is 292 g/mol. The molecule has 1 heterocycles. The summed E-state index contributed by atoms with van der Waals surface area (Å²) in [4.78, 5) is 16.0. The van der Waals surface area contributed by atoms with Crippen molar-refractivity contribution >= 4 is 40.9 Å². The topological polar surface area (TPSA) is 42.0 Å². The van der Waals surface area contributed by atoms with E-state index >= 15 is 0 Å². The first-order valence-electron chi connectivity index (χ1n) is 5.44. The van der Waals surface area contributed by atoms with Crippen molar-refractivity contribution < 1.29 is 4.79 Å². The second-order valence-electron chi connectivity index (χ2n) is 3.75. The highest BCUT2D eigenvalue weighted by molar-refractivity contribution is 6.40. The highest BCUT2D eigenvalue weighted by Crippen LogP contribution is 2.28. The van der Waals surface area contributed by atoms with Crippen molar-refractivity contribution in [2.24, 2.45) is 0 Å². The van der Waals surface area contributed by atoms with E-state index in [4.69, 9.17) is 23.2 Å². The maximum Gasteiger partial charge on any atom is 0.258 e. The van der Waals surface area contributed by atoms with Crippen LogP contribution < -0.4 is 5.32 Å². The van der Waals surface area contributed by atoms with Gasteiger partial charge in [-0.05, 0) is 29.8 Å². The molecule has 0 aliphatic carbocycles. The van der Waals surface area contributed by atoms with E-state index in [-0.39, 0.29) is 21.5 Å². The number of aromatic nitrogens is 1. The molecule has 0 aliphatic heterocycles. The van der Waals surface area contributed by atoms with E-state index in [0.29, 0.717) is 5.69 Å². The maximum absolute atomic E-state index is 12.1. The molecule has 0 radical (unpaired) electrons. The lowest BCUT2D eigenvalue weighted by atomic mass is 10.1. The van der Waals surface area contributed by atoms with Crippen LogP contribution in [-0.4, -0.2) is 10.9 Å². The molecule has 0 fully saturated rings. The molecule has 3 nitrogen and oxygen atoms in total. The number of anilines is 1. The van der Waals surface area contributed by atoms with Gasteiger partial charge in [0.05, 0.1) is 15.6 Å². The van der Waals surface area contributed by atoms with Crippen LogP contribution in [0.3, 0.4) is 0 Å². The van der Waals surface area contributed by atoms with Crippen LogP contribution in [0, 0.1) is 0 Å². The number of benzene rings is 1. The van der Waals surface area contributed by atoms with Crippen LogP contribution in [0.4, 0.5) is 5.69 Å². The number of amides is 1. The Labute approximate surface area is 120 Å². The van der Waals surface area contributed by atoms with Crippen LogP contribution in [-0.2, 0) is 0 Å². The quantitative estimate of drug-likeness (QED) is 0.917. The van der Waals surface area contributed by atoms with Gasteiger partial charge in [-0.25, -0.2) is 0 Å². The predicted octanol–water partition coefficient (Wildman–Crippen LogP) is 4.28. The molecule has 0 aliphatic rings. The number of hydrogen-bond donors (Lipinski definition) is 1. The van der Waals surface area contributed by atoms with E-state index in [1.165, 1.54) is 0 Å². The molecular formula is C14H10Cl2N2O. The Balaban J connectivity index is 2.32. The number of rotatable bonds is 3. The molecule has 19 heavy (non-hydrogen) atoms. The Bertz CT molecular complexity index is 604. The van der Waals surface area contributed by atoms with Crippen LogP contribution in [0.5, 0.6) is 0 Å². The molecule has 1 amide bonds. The SMILES string of the molecule is C=Cc1cc(Cl)c(C(=O)Nc2ccncc2)c(Cl)c1. The second kappa shape index (κ2) is 5.87. The van der Waals surface area contributed by atoms with Crippen LogP contribution in [0.2, 0.25) is 10.0 Å². The molecule has 0 saturated heterocycles. The zero-order valence-electron chi connectivity index (χ0n) is 9.86. The van der Waals surface area contributed by atoms with Crippen molar-refractivity contribution in [3.05, 3.63) is 64.4 Å². The number of hydrogen-bond acceptors (Lipinski definition) is 2. The lowest BCUT2D eigenvalue weighted by Crippen LogP contribution is -2.13. The van der Waals surface area contributed by atoms with Gasteiger partial charge in [0.25, 0.3) is 5.91 Å². The molecule has 2 aromatic rings. The van der Waals surface area contributed by atoms with E-state index in [2.05, 4.69) is 16.9 Å². The Morgan fingerprint density at radius 2 is 1.79 bits per heavy atom. The van der Waals surface area contributed by atoms with Crippen molar-refractivity contribution in [3.8, 4) is 0 Å². The smallest absolute Gasteiger partial charge is 0.258 e. The minimum Gasteiger partial charge on any atom is -0.322 e. The molecule has 0 bridgehead atoms. The van der Waals surface area contributed by atoms with E-state index in [9.17, 15) is 4.79 Å². The summed E-state index contributed by atoms with van der Waals surface area (Å²) in [7, 11) is 0. The second-order valence-corrected chi connectivity index (χ2v) is 4.57. The fourth-order valence-electron chi connectivity index (χ4n) is 1.56. The molecule has 0 spiro atoms. The van der Waals surface area contributed by atoms with Crippen molar-refractivity contribution in [1.82, 2.24) is 4.98 Å². The van der Waals surface area contributed by atoms with Crippen LogP contribution in [0.25, 0.3) is 6.08 Å². The summed E-state index contributed by atoms with van der Waals surface area (Å²) < 4.78 is 0. The first-order chi connectivity index (χ1) is 9.11. The van der Waals surface area contributed by atoms with Gasteiger partial charge in [-0.15, -0.1) is 0 Å². The predicted molar refractivity (Wildman–Crippen MR) is 78.7 cm³/mol. The third-order valence-corrected chi connectivity index (χ3v) is 3.06. The number of pyridine rings is 1. The first-order valence-corrected chi connectivity index (χ1v) is 6.20. The molecular weight excluding hydrogens is 283 g/mol. The third-order valence-electron chi connectivity index (χ3n) is 2.47. The average Bonchev–Trinajstić information content (AvgIpc) is 2.38. The maximum atomic E-state index is 12.1. The van der Waals surface area contributed by atoms with Gasteiger partial charge in [0.2, 0.25) is 0 Å². The summed E-state index contributed by atoms with van der Waals surface area (Å²) in [6.07, 6.45) is 4.78. The molecule has 2 rings (SSSR count). The minimum absolute atomic E-state index is 0.241. The van der Waals surface area contributed by atoms with Crippen molar-refractivity contribution in [1.29, 1.82) is 0 Å². The van der Waals surface area contributed by atoms with Crippen molar-refractivity contribution in [2.75, 3.05) is 5.32 Å². The van der Waals surface area contributed by atoms with E-state index in [0.717, 1.165) is 5.56 Å². The Hall–Kier alpha value is -1.84. The standard InChI is InChI=1S/C14H10Cl2N2O/c1-2-9-7-11(15)13(12(16)8-9)14(19)18-10-3-5-17-6-4-10/h2-8H,1H2,(H,17,18,19). The van der Waals surface area contributed by atoms with Gasteiger partial charge in [-0.1, -0.05) is 35.9 Å². The largest absolute Gasteiger partial charge is 0.322 e. The summed E-state index contributed by atoms with van der Waals surface area (Å²) in [6, 6.07) is 6.64. The average molecular weight is 293 g/mol. The third kappa shape index (κ3) is 3.13. The molecule has 96 valence electrons. The van der Waals surface area contributed by atoms with Gasteiger partial charge < -0.3 is 5.32 Å². The van der Waals surface area contributed by atoms with Crippen LogP contribution in [0.1, 0.15) is 15.9 Å². The highest BCUT2D eigenvalue weighted by atomic mass is 35.5. The molecule has 1 N–H and O–H groups in total. The molecule has 0 atom stereocenters. The van der Waals surface area contributed by atoms with E-state index in [1.54, 1.807) is 42.7 Å². The molecule has 1 aromatic carbocycles. The lowest BCUT2D eigenvalue weighted by Gasteiger charge is -2.09. The summed E-state index contributed by atoms with van der Waals surface area (Å²) in [5.41, 5.74) is 1.63. The molecule has 0 saturated carbocycles. The molecule has 1 aromatic heterocycles. The summed E-state index contributed by atoms with van der Waals surface area (Å²) in [5.74, 6) is -0.364. The highest BCUT2D eigenvalue weighted by Gasteiger charge is 2.15. The Morgan fingerprint density at radius 3 is 2.32 bits per heavy atom. The summed E-state index contributed by atoms with van der Waals surface area (Å²) >= 11 is 12.1. The van der Waals surface area contributed by atoms with Crippen LogP contribution in [0.15, 0.2) is 43.2 Å². The number of carbonyl (C=O) groups is 1. The zero-order valence-corrected chi connectivity index (χ0v) is 11.4.